The van der Waals surface area contributed by atoms with Crippen LogP contribution in [0.15, 0.2) is 35.7 Å². The Morgan fingerprint density at radius 2 is 2.06 bits per heavy atom. The van der Waals surface area contributed by atoms with Gasteiger partial charge in [0.25, 0.3) is 5.91 Å². The van der Waals surface area contributed by atoms with Crippen LogP contribution in [0, 0.1) is 11.3 Å². The van der Waals surface area contributed by atoms with Crippen molar-refractivity contribution in [1.82, 2.24) is 9.78 Å². The lowest BCUT2D eigenvalue weighted by Gasteiger charge is -2.11. The van der Waals surface area contributed by atoms with Crippen LogP contribution in [0.5, 0.6) is 5.88 Å². The first-order valence-corrected chi connectivity index (χ1v) is 9.86. The Morgan fingerprint density at radius 3 is 2.69 bits per heavy atom. The van der Waals surface area contributed by atoms with E-state index in [2.05, 4.69) is 15.2 Å². The number of nitrogens with one attached hydrogen (secondary N) is 1. The molecule has 0 bridgehead atoms. The molecule has 3 aromatic rings. The van der Waals surface area contributed by atoms with E-state index in [1.165, 1.54) is 17.5 Å². The number of ether oxygens (including phenoxy) is 2. The van der Waals surface area contributed by atoms with Crippen LogP contribution in [0.3, 0.4) is 0 Å². The molecule has 0 saturated carbocycles. The first-order valence-electron chi connectivity index (χ1n) is 8.60. The zero-order valence-corrected chi connectivity index (χ0v) is 17.6. The van der Waals surface area contributed by atoms with Crippen molar-refractivity contribution in [2.24, 2.45) is 0 Å². The Morgan fingerprint density at radius 1 is 1.34 bits per heavy atom. The number of rotatable bonds is 6. The van der Waals surface area contributed by atoms with Gasteiger partial charge in [0.2, 0.25) is 5.88 Å². The molecule has 13 heteroatoms. The lowest BCUT2D eigenvalue weighted by molar-refractivity contribution is -0.141. The van der Waals surface area contributed by atoms with Crippen LogP contribution in [-0.4, -0.2) is 35.4 Å². The van der Waals surface area contributed by atoms with Gasteiger partial charge in [0.1, 0.15) is 10.9 Å². The molecule has 0 radical (unpaired) electrons. The highest BCUT2D eigenvalue weighted by atomic mass is 35.5. The van der Waals surface area contributed by atoms with Gasteiger partial charge in [-0.25, -0.2) is 4.79 Å². The topological polar surface area (TPSA) is 106 Å². The number of methoxy groups -OCH3 is 1. The maximum atomic E-state index is 13.2. The van der Waals surface area contributed by atoms with E-state index in [0.29, 0.717) is 6.07 Å². The minimum Gasteiger partial charge on any atom is -0.467 e. The molecule has 1 aromatic carbocycles. The van der Waals surface area contributed by atoms with Crippen molar-refractivity contribution in [1.29, 1.82) is 5.26 Å². The highest BCUT2D eigenvalue weighted by molar-refractivity contribution is 7.12. The monoisotopic (exact) mass is 484 g/mol. The molecule has 8 nitrogen and oxygen atoms in total. The highest BCUT2D eigenvalue weighted by Gasteiger charge is 2.36. The molecule has 0 fully saturated rings. The molecule has 0 aliphatic rings. The van der Waals surface area contributed by atoms with Crippen LogP contribution >= 0.6 is 22.9 Å². The molecule has 0 saturated heterocycles. The maximum absolute atomic E-state index is 13.2. The summed E-state index contributed by atoms with van der Waals surface area (Å²) in [7, 11) is 1.14. The van der Waals surface area contributed by atoms with Crippen LogP contribution in [-0.2, 0) is 15.7 Å². The number of aromatic nitrogens is 2. The summed E-state index contributed by atoms with van der Waals surface area (Å²) in [5, 5.41) is 16.5. The number of anilines is 1. The van der Waals surface area contributed by atoms with Crippen LogP contribution in [0.2, 0.25) is 5.02 Å². The number of nitriles is 1. The van der Waals surface area contributed by atoms with E-state index < -0.39 is 30.4 Å². The third-order valence-electron chi connectivity index (χ3n) is 3.95. The normalized spacial score (nSPS) is 11.0. The first-order chi connectivity index (χ1) is 15.2. The second-order valence-electron chi connectivity index (χ2n) is 6.02. The van der Waals surface area contributed by atoms with E-state index in [4.69, 9.17) is 21.6 Å². The van der Waals surface area contributed by atoms with Crippen LogP contribution in [0.4, 0.5) is 18.9 Å². The van der Waals surface area contributed by atoms with Crippen molar-refractivity contribution in [2.45, 2.75) is 6.18 Å². The van der Waals surface area contributed by atoms with Crippen molar-refractivity contribution in [3.63, 3.8) is 0 Å². The summed E-state index contributed by atoms with van der Waals surface area (Å²) in [4.78, 5) is 24.2. The summed E-state index contributed by atoms with van der Waals surface area (Å²) in [5.41, 5.74) is -1.19. The molecular formula is C19H12ClF3N4O4S. The van der Waals surface area contributed by atoms with Gasteiger partial charge in [-0.05, 0) is 12.1 Å². The first kappa shape index (κ1) is 23.1. The van der Waals surface area contributed by atoms with Crippen molar-refractivity contribution < 1.29 is 32.2 Å². The SMILES string of the molecule is COC(=O)c1scc(C#N)c1NC(=O)COc1cc(C(F)(F)F)nn1-c1ccccc1Cl. The van der Waals surface area contributed by atoms with Crippen LogP contribution in [0.1, 0.15) is 20.9 Å². The van der Waals surface area contributed by atoms with Crippen LogP contribution < -0.4 is 10.1 Å². The van der Waals surface area contributed by atoms with E-state index >= 15 is 0 Å². The summed E-state index contributed by atoms with van der Waals surface area (Å²) in [6.45, 7) is -0.741. The second kappa shape index (κ2) is 9.29. The van der Waals surface area contributed by atoms with Gasteiger partial charge in [0.05, 0.1) is 29.1 Å². The number of esters is 1. The molecule has 2 aromatic heterocycles. The second-order valence-corrected chi connectivity index (χ2v) is 7.31. The van der Waals surface area contributed by atoms with Crippen molar-refractivity contribution >= 4 is 40.5 Å². The molecule has 0 unspecified atom stereocenters. The number of alkyl halides is 3. The Labute approximate surface area is 187 Å². The predicted molar refractivity (Wildman–Crippen MR) is 108 cm³/mol. The number of halogens is 4. The van der Waals surface area contributed by atoms with Gasteiger partial charge in [0.15, 0.2) is 12.3 Å². The lowest BCUT2D eigenvalue weighted by Crippen LogP contribution is -2.22. The quantitative estimate of drug-likeness (QED) is 0.523. The number of hydrogen-bond acceptors (Lipinski definition) is 7. The fourth-order valence-electron chi connectivity index (χ4n) is 2.52. The maximum Gasteiger partial charge on any atom is 0.435 e. The van der Waals surface area contributed by atoms with E-state index in [1.807, 2.05) is 6.07 Å². The Kier molecular flexibility index (Phi) is 6.71. The molecule has 0 aliphatic carbocycles. The van der Waals surface area contributed by atoms with Gasteiger partial charge in [0, 0.05) is 11.4 Å². The molecule has 3 rings (SSSR count). The minimum atomic E-state index is -4.76. The van der Waals surface area contributed by atoms with E-state index in [0.717, 1.165) is 23.1 Å². The van der Waals surface area contributed by atoms with Gasteiger partial charge in [-0.15, -0.1) is 11.3 Å². The fourth-order valence-corrected chi connectivity index (χ4v) is 3.60. The summed E-state index contributed by atoms with van der Waals surface area (Å²) in [6.07, 6.45) is -4.76. The van der Waals surface area contributed by atoms with Gasteiger partial charge < -0.3 is 14.8 Å². The number of amides is 1. The third-order valence-corrected chi connectivity index (χ3v) is 5.23. The van der Waals surface area contributed by atoms with E-state index in [-0.39, 0.29) is 32.7 Å². The fraction of sp³-hybridized carbons (Fsp3) is 0.158. The summed E-state index contributed by atoms with van der Waals surface area (Å²) in [5.74, 6) is -1.98. The number of thiophene rings is 1. The van der Waals surface area contributed by atoms with Crippen LogP contribution in [0.25, 0.3) is 5.69 Å². The minimum absolute atomic E-state index is 0.0159. The number of carbonyl (C=O) groups is 2. The highest BCUT2D eigenvalue weighted by Crippen LogP contribution is 2.34. The van der Waals surface area contributed by atoms with E-state index in [1.54, 1.807) is 12.1 Å². The molecule has 166 valence electrons. The summed E-state index contributed by atoms with van der Waals surface area (Å²) < 4.78 is 50.2. The van der Waals surface area contributed by atoms with E-state index in [9.17, 15) is 22.8 Å². The zero-order valence-electron chi connectivity index (χ0n) is 16.1. The molecular weight excluding hydrogens is 473 g/mol. The Balaban J connectivity index is 1.85. The number of hydrogen-bond donors (Lipinski definition) is 1. The molecule has 32 heavy (non-hydrogen) atoms. The third kappa shape index (κ3) is 4.84. The predicted octanol–water partition coefficient (Wildman–Crippen LogP) is 4.28. The molecule has 1 amide bonds. The average Bonchev–Trinajstić information content (AvgIpc) is 3.36. The Hall–Kier alpha value is -3.56. The standard InChI is InChI=1S/C19H12ClF3N4O4S/c1-30-18(29)17-16(10(7-24)9-32-17)25-14(28)8-31-15-6-13(19(21,22)23)26-27(15)12-5-3-2-4-11(12)20/h2-6,9H,8H2,1H3,(H,25,28). The van der Waals surface area contributed by atoms with Crippen molar-refractivity contribution in [3.05, 3.63) is 56.9 Å². The summed E-state index contributed by atoms with van der Waals surface area (Å²) in [6, 6.07) is 8.46. The summed E-state index contributed by atoms with van der Waals surface area (Å²) >= 11 is 6.95. The van der Waals surface area contributed by atoms with Gasteiger partial charge >= 0.3 is 12.1 Å². The van der Waals surface area contributed by atoms with Gasteiger partial charge in [-0.1, -0.05) is 23.7 Å². The molecule has 0 spiro atoms. The average molecular weight is 485 g/mol. The largest absolute Gasteiger partial charge is 0.467 e. The smallest absolute Gasteiger partial charge is 0.435 e. The van der Waals surface area contributed by atoms with Gasteiger partial charge in [-0.3, -0.25) is 4.79 Å². The molecule has 2 heterocycles. The zero-order chi connectivity index (χ0) is 23.5. The molecule has 1 N–H and O–H groups in total. The lowest BCUT2D eigenvalue weighted by atomic mass is 10.2. The number of para-hydroxylation sites is 1. The number of carbonyl (C=O) groups excluding carboxylic acids is 2. The molecule has 0 atom stereocenters. The number of benzene rings is 1. The molecule has 0 aliphatic heterocycles. The van der Waals surface area contributed by atoms with Crippen molar-refractivity contribution in [3.8, 4) is 17.6 Å². The van der Waals surface area contributed by atoms with Gasteiger partial charge in [-0.2, -0.15) is 28.2 Å². The Bertz CT molecular complexity index is 1220. The van der Waals surface area contributed by atoms with Crippen molar-refractivity contribution in [2.75, 3.05) is 19.0 Å². The number of nitrogens with zero attached hydrogens (tertiary/aromatic N) is 3.